The van der Waals surface area contributed by atoms with E-state index < -0.39 is 0 Å². The highest BCUT2D eigenvalue weighted by Crippen LogP contribution is 2.35. The average Bonchev–Trinajstić information content (AvgIpc) is 2.39. The van der Waals surface area contributed by atoms with Crippen molar-refractivity contribution in [3.63, 3.8) is 0 Å². The average molecular weight is 257 g/mol. The van der Waals surface area contributed by atoms with Gasteiger partial charge in [0.1, 0.15) is 11.9 Å². The lowest BCUT2D eigenvalue weighted by atomic mass is 9.98. The van der Waals surface area contributed by atoms with E-state index in [-0.39, 0.29) is 6.10 Å². The van der Waals surface area contributed by atoms with Crippen LogP contribution in [-0.4, -0.2) is 0 Å². The molecule has 90 valence electrons. The third kappa shape index (κ3) is 2.02. The first-order valence-corrected chi connectivity index (χ1v) is 6.35. The van der Waals surface area contributed by atoms with Crippen LogP contribution < -0.4 is 0 Å². The summed E-state index contributed by atoms with van der Waals surface area (Å²) in [6, 6.07) is 16.0. The Labute approximate surface area is 112 Å². The fraction of sp³-hybridized carbons (Fsp3) is 0.125. The predicted octanol–water partition coefficient (Wildman–Crippen LogP) is 4.93. The molecule has 0 spiro atoms. The second-order valence-corrected chi connectivity index (χ2v) is 4.84. The molecular weight excluding hydrogens is 244 g/mol. The lowest BCUT2D eigenvalue weighted by Gasteiger charge is -2.24. The van der Waals surface area contributed by atoms with Crippen LogP contribution >= 0.6 is 11.6 Å². The molecule has 1 aliphatic rings. The van der Waals surface area contributed by atoms with E-state index in [2.05, 4.69) is 25.1 Å². The van der Waals surface area contributed by atoms with Gasteiger partial charge in [-0.3, -0.25) is 0 Å². The summed E-state index contributed by atoms with van der Waals surface area (Å²) >= 11 is 5.90. The highest BCUT2D eigenvalue weighted by atomic mass is 35.5. The number of rotatable bonds is 1. The summed E-state index contributed by atoms with van der Waals surface area (Å²) in [6.45, 7) is 2.07. The third-order valence-electron chi connectivity index (χ3n) is 3.15. The molecule has 0 aromatic heterocycles. The zero-order valence-electron chi connectivity index (χ0n) is 10.1. The van der Waals surface area contributed by atoms with Crippen molar-refractivity contribution in [3.05, 3.63) is 70.2 Å². The maximum Gasteiger partial charge on any atom is 0.128 e. The Hall–Kier alpha value is -1.73. The molecule has 0 radical (unpaired) electrons. The van der Waals surface area contributed by atoms with Gasteiger partial charge in [-0.25, -0.2) is 0 Å². The zero-order chi connectivity index (χ0) is 12.5. The lowest BCUT2D eigenvalue weighted by Crippen LogP contribution is -2.06. The van der Waals surface area contributed by atoms with E-state index in [1.807, 2.05) is 36.4 Å². The van der Waals surface area contributed by atoms with E-state index in [0.29, 0.717) is 0 Å². The van der Waals surface area contributed by atoms with Crippen molar-refractivity contribution in [1.29, 1.82) is 0 Å². The van der Waals surface area contributed by atoms with Crippen LogP contribution in [0.4, 0.5) is 0 Å². The van der Waals surface area contributed by atoms with E-state index in [1.165, 1.54) is 11.1 Å². The molecule has 2 aromatic rings. The Kier molecular flexibility index (Phi) is 2.85. The number of hydrogen-bond donors (Lipinski definition) is 0. The van der Waals surface area contributed by atoms with Gasteiger partial charge in [-0.1, -0.05) is 35.9 Å². The molecule has 2 aromatic carbocycles. The molecule has 0 aliphatic carbocycles. The fourth-order valence-corrected chi connectivity index (χ4v) is 2.33. The first-order chi connectivity index (χ1) is 8.74. The lowest BCUT2D eigenvalue weighted by molar-refractivity contribution is 0.186. The topological polar surface area (TPSA) is 9.23 Å². The first kappa shape index (κ1) is 11.4. The van der Waals surface area contributed by atoms with E-state index in [0.717, 1.165) is 16.3 Å². The molecule has 18 heavy (non-hydrogen) atoms. The minimum Gasteiger partial charge on any atom is -0.485 e. The van der Waals surface area contributed by atoms with Crippen LogP contribution in [0.3, 0.4) is 0 Å². The summed E-state index contributed by atoms with van der Waals surface area (Å²) in [7, 11) is 0. The Bertz CT molecular complexity index is 599. The van der Waals surface area contributed by atoms with Gasteiger partial charge in [-0.15, -0.1) is 0 Å². The summed E-state index contributed by atoms with van der Waals surface area (Å²) < 4.78 is 5.96. The highest BCUT2D eigenvalue weighted by molar-refractivity contribution is 6.30. The molecule has 2 heteroatoms. The molecule has 0 fully saturated rings. The van der Waals surface area contributed by atoms with Gasteiger partial charge in [0, 0.05) is 10.6 Å². The van der Waals surface area contributed by atoms with Gasteiger partial charge >= 0.3 is 0 Å². The van der Waals surface area contributed by atoms with Crippen molar-refractivity contribution in [2.45, 2.75) is 13.0 Å². The third-order valence-corrected chi connectivity index (χ3v) is 3.41. The van der Waals surface area contributed by atoms with Gasteiger partial charge in [0.2, 0.25) is 0 Å². The Balaban J connectivity index is 2.05. The molecule has 0 bridgehead atoms. The maximum atomic E-state index is 5.96. The quantitative estimate of drug-likeness (QED) is 0.703. The van der Waals surface area contributed by atoms with Gasteiger partial charge in [0.05, 0.1) is 0 Å². The minimum atomic E-state index is 0.0804. The second kappa shape index (κ2) is 4.51. The molecule has 0 saturated carbocycles. The van der Waals surface area contributed by atoms with Crippen LogP contribution in [0.1, 0.15) is 29.7 Å². The zero-order valence-corrected chi connectivity index (χ0v) is 10.8. The first-order valence-electron chi connectivity index (χ1n) is 5.97. The highest BCUT2D eigenvalue weighted by Gasteiger charge is 2.18. The van der Waals surface area contributed by atoms with E-state index in [9.17, 15) is 0 Å². The second-order valence-electron chi connectivity index (χ2n) is 4.40. The molecule has 0 saturated heterocycles. The number of fused-ring (bicyclic) bond motifs is 1. The Morgan fingerprint density at radius 2 is 1.72 bits per heavy atom. The molecule has 3 rings (SSSR count). The van der Waals surface area contributed by atoms with E-state index >= 15 is 0 Å². The van der Waals surface area contributed by atoms with Gasteiger partial charge in [-0.2, -0.15) is 0 Å². The minimum absolute atomic E-state index is 0.0804. The van der Waals surface area contributed by atoms with Crippen molar-refractivity contribution >= 4 is 23.4 Å². The number of benzene rings is 2. The van der Waals surface area contributed by atoms with Gasteiger partial charge in [0.15, 0.2) is 0 Å². The van der Waals surface area contributed by atoms with E-state index in [1.54, 1.807) is 0 Å². The molecule has 1 heterocycles. The van der Waals surface area contributed by atoms with Crippen LogP contribution in [-0.2, 0) is 4.74 Å². The van der Waals surface area contributed by atoms with Crippen molar-refractivity contribution in [2.24, 2.45) is 0 Å². The molecule has 1 aliphatic heterocycles. The van der Waals surface area contributed by atoms with Crippen molar-refractivity contribution in [2.75, 3.05) is 0 Å². The summed E-state index contributed by atoms with van der Waals surface area (Å²) in [4.78, 5) is 0. The van der Waals surface area contributed by atoms with E-state index in [4.69, 9.17) is 16.3 Å². The Morgan fingerprint density at radius 3 is 2.50 bits per heavy atom. The summed E-state index contributed by atoms with van der Waals surface area (Å²) in [6.07, 6.45) is 2.16. The smallest absolute Gasteiger partial charge is 0.128 e. The monoisotopic (exact) mass is 256 g/mol. The normalized spacial score (nSPS) is 17.7. The standard InChI is InChI=1S/C16H13ClO/c1-11-15-5-3-2-4-13(15)10-16(18-11)12-6-8-14(17)9-7-12/h2-11H,1H3. The van der Waals surface area contributed by atoms with Crippen LogP contribution in [0.2, 0.25) is 5.02 Å². The fourth-order valence-electron chi connectivity index (χ4n) is 2.21. The SMILES string of the molecule is CC1OC(c2ccc(Cl)cc2)=Cc2ccccc21. The van der Waals surface area contributed by atoms with Crippen molar-refractivity contribution < 1.29 is 4.74 Å². The number of ether oxygens (including phenoxy) is 1. The van der Waals surface area contributed by atoms with Crippen molar-refractivity contribution in [1.82, 2.24) is 0 Å². The molecule has 1 atom stereocenters. The van der Waals surface area contributed by atoms with Gasteiger partial charge in [-0.05, 0) is 48.4 Å². The van der Waals surface area contributed by atoms with Gasteiger partial charge in [0.25, 0.3) is 0 Å². The van der Waals surface area contributed by atoms with Crippen LogP contribution in [0.25, 0.3) is 11.8 Å². The molecule has 1 nitrogen and oxygen atoms in total. The number of halogens is 1. The number of hydrogen-bond acceptors (Lipinski definition) is 1. The van der Waals surface area contributed by atoms with Crippen molar-refractivity contribution in [3.8, 4) is 0 Å². The summed E-state index contributed by atoms with van der Waals surface area (Å²) in [5, 5.41) is 0.739. The maximum absolute atomic E-state index is 5.96. The molecule has 0 amide bonds. The predicted molar refractivity (Wildman–Crippen MR) is 75.3 cm³/mol. The van der Waals surface area contributed by atoms with Crippen LogP contribution in [0.15, 0.2) is 48.5 Å². The summed E-state index contributed by atoms with van der Waals surface area (Å²) in [5.41, 5.74) is 3.51. The molecule has 0 N–H and O–H groups in total. The molecule has 1 unspecified atom stereocenters. The molecular formula is C16H13ClO. The van der Waals surface area contributed by atoms with Crippen LogP contribution in [0, 0.1) is 0 Å². The summed E-state index contributed by atoms with van der Waals surface area (Å²) in [5.74, 6) is 0.901. The van der Waals surface area contributed by atoms with Crippen LogP contribution in [0.5, 0.6) is 0 Å². The Morgan fingerprint density at radius 1 is 1.00 bits per heavy atom. The largest absolute Gasteiger partial charge is 0.485 e. The van der Waals surface area contributed by atoms with Gasteiger partial charge < -0.3 is 4.74 Å².